The maximum Gasteiger partial charge on any atom is 0.255 e. The Kier molecular flexibility index (Phi) is 16.4. The molecule has 72 heavy (non-hydrogen) atoms. The summed E-state index contributed by atoms with van der Waals surface area (Å²) in [5, 5.41) is 5.89. The SMILES string of the molecule is C[n+]1cccc(-c2ccc(NC(=O)c3ccc(C(=O)Nc4ccc(-c5ccc(-c6ccc(-c7ccc[n+](C)c7)cc6)cc5)cc4)cc3)cc2)c1.Cc1ccc(S(=O)(=O)[O-])cc1.Cc1ccc(S(=O)(=O)[O-])cc1. The van der Waals surface area contributed by atoms with E-state index in [0.29, 0.717) is 22.5 Å². The summed E-state index contributed by atoms with van der Waals surface area (Å²) in [7, 11) is -4.53. The van der Waals surface area contributed by atoms with Gasteiger partial charge in [-0.05, 0) is 132 Å². The van der Waals surface area contributed by atoms with Crippen molar-refractivity contribution in [1.82, 2.24) is 0 Å². The lowest BCUT2D eigenvalue weighted by Crippen LogP contribution is -2.26. The molecular formula is C58H50N4O8S2. The van der Waals surface area contributed by atoms with Crippen molar-refractivity contribution in [2.45, 2.75) is 23.6 Å². The molecule has 2 aromatic heterocycles. The number of nitrogens with one attached hydrogen (secondary N) is 2. The van der Waals surface area contributed by atoms with Gasteiger partial charge in [0.2, 0.25) is 0 Å². The fourth-order valence-corrected chi connectivity index (χ4v) is 8.25. The third-order valence-corrected chi connectivity index (χ3v) is 13.0. The zero-order valence-electron chi connectivity index (χ0n) is 39.8. The summed E-state index contributed by atoms with van der Waals surface area (Å²) < 4.78 is 66.4. The van der Waals surface area contributed by atoms with Gasteiger partial charge in [-0.1, -0.05) is 108 Å². The van der Waals surface area contributed by atoms with Crippen molar-refractivity contribution in [3.05, 3.63) is 241 Å². The van der Waals surface area contributed by atoms with E-state index in [4.69, 9.17) is 0 Å². The summed E-state index contributed by atoms with van der Waals surface area (Å²) in [4.78, 5) is 25.5. The van der Waals surface area contributed by atoms with E-state index in [0.717, 1.165) is 44.5 Å². The molecule has 14 heteroatoms. The van der Waals surface area contributed by atoms with Crippen molar-refractivity contribution < 1.29 is 44.7 Å². The lowest BCUT2D eigenvalue weighted by molar-refractivity contribution is -0.671. The van der Waals surface area contributed by atoms with E-state index in [1.54, 1.807) is 48.5 Å². The van der Waals surface area contributed by atoms with Gasteiger partial charge in [0, 0.05) is 45.8 Å². The average Bonchev–Trinajstić information content (AvgIpc) is 3.37. The van der Waals surface area contributed by atoms with Gasteiger partial charge >= 0.3 is 0 Å². The van der Waals surface area contributed by atoms with Crippen LogP contribution in [0.25, 0.3) is 44.5 Å². The third-order valence-electron chi connectivity index (χ3n) is 11.3. The second-order valence-corrected chi connectivity index (χ2v) is 19.6. The molecule has 362 valence electrons. The normalized spacial score (nSPS) is 11.0. The van der Waals surface area contributed by atoms with Gasteiger partial charge in [-0.25, -0.2) is 26.0 Å². The fraction of sp³-hybridized carbons (Fsp3) is 0.0690. The lowest BCUT2D eigenvalue weighted by atomic mass is 9.98. The summed E-state index contributed by atoms with van der Waals surface area (Å²) in [6.07, 6.45) is 8.18. The average molecular weight is 995 g/mol. The van der Waals surface area contributed by atoms with Gasteiger partial charge in [-0.15, -0.1) is 0 Å². The van der Waals surface area contributed by atoms with Crippen LogP contribution >= 0.6 is 0 Å². The molecule has 2 amide bonds. The molecule has 0 spiro atoms. The van der Waals surface area contributed by atoms with Crippen molar-refractivity contribution >= 4 is 43.4 Å². The minimum Gasteiger partial charge on any atom is -0.744 e. The Hall–Kier alpha value is -8.40. The van der Waals surface area contributed by atoms with Crippen LogP contribution in [0.4, 0.5) is 11.4 Å². The van der Waals surface area contributed by atoms with Crippen molar-refractivity contribution in [3.8, 4) is 44.5 Å². The molecule has 9 aromatic rings. The van der Waals surface area contributed by atoms with Crippen molar-refractivity contribution in [3.63, 3.8) is 0 Å². The van der Waals surface area contributed by atoms with E-state index in [9.17, 15) is 35.5 Å². The van der Waals surface area contributed by atoms with Crippen LogP contribution in [0, 0.1) is 13.8 Å². The molecule has 0 radical (unpaired) electrons. The van der Waals surface area contributed by atoms with Gasteiger partial charge in [-0.3, -0.25) is 9.59 Å². The zero-order chi connectivity index (χ0) is 51.4. The van der Waals surface area contributed by atoms with Crippen LogP contribution in [0.5, 0.6) is 0 Å². The highest BCUT2D eigenvalue weighted by atomic mass is 32.2. The second-order valence-electron chi connectivity index (χ2n) is 16.8. The number of aryl methyl sites for hydroxylation is 4. The molecular weight excluding hydrogens is 945 g/mol. The maximum atomic E-state index is 13.0. The van der Waals surface area contributed by atoms with Crippen LogP contribution in [0.15, 0.2) is 229 Å². The Morgan fingerprint density at radius 1 is 0.375 bits per heavy atom. The minimum atomic E-state index is -4.27. The number of pyridine rings is 2. The summed E-state index contributed by atoms with van der Waals surface area (Å²) in [5.74, 6) is -0.485. The van der Waals surface area contributed by atoms with E-state index in [-0.39, 0.29) is 21.6 Å². The highest BCUT2D eigenvalue weighted by Gasteiger charge is 2.12. The number of amides is 2. The van der Waals surface area contributed by atoms with E-state index in [1.165, 1.54) is 35.4 Å². The maximum absolute atomic E-state index is 13.0. The highest BCUT2D eigenvalue weighted by molar-refractivity contribution is 7.86. The van der Waals surface area contributed by atoms with Gasteiger partial charge in [0.1, 0.15) is 34.3 Å². The van der Waals surface area contributed by atoms with E-state index in [2.05, 4.69) is 82.1 Å². The number of hydrogen-bond donors (Lipinski definition) is 2. The van der Waals surface area contributed by atoms with Crippen LogP contribution in [-0.4, -0.2) is 37.8 Å². The van der Waals surface area contributed by atoms with E-state index < -0.39 is 20.2 Å². The number of hydrogen-bond acceptors (Lipinski definition) is 8. The number of anilines is 2. The Morgan fingerprint density at radius 2 is 0.639 bits per heavy atom. The number of rotatable bonds is 10. The molecule has 0 aliphatic carbocycles. The van der Waals surface area contributed by atoms with Crippen LogP contribution in [-0.2, 0) is 34.3 Å². The highest BCUT2D eigenvalue weighted by Crippen LogP contribution is 2.28. The third kappa shape index (κ3) is 14.3. The van der Waals surface area contributed by atoms with Crippen LogP contribution < -0.4 is 19.8 Å². The summed E-state index contributed by atoms with van der Waals surface area (Å²) in [6, 6.07) is 59.1. The second kappa shape index (κ2) is 23.0. The topological polar surface area (TPSA) is 180 Å². The Morgan fingerprint density at radius 3 is 0.903 bits per heavy atom. The first-order valence-corrected chi connectivity index (χ1v) is 25.3. The molecule has 0 saturated heterocycles. The van der Waals surface area contributed by atoms with Crippen molar-refractivity contribution in [2.24, 2.45) is 14.1 Å². The molecule has 0 saturated carbocycles. The van der Waals surface area contributed by atoms with Gasteiger partial charge in [0.15, 0.2) is 24.8 Å². The largest absolute Gasteiger partial charge is 0.744 e. The van der Waals surface area contributed by atoms with Crippen molar-refractivity contribution in [1.29, 1.82) is 0 Å². The Balaban J connectivity index is 0.000000283. The quantitative estimate of drug-likeness (QED) is 0.100. The molecule has 0 aliphatic rings. The van der Waals surface area contributed by atoms with Crippen molar-refractivity contribution in [2.75, 3.05) is 10.6 Å². The van der Waals surface area contributed by atoms with Crippen LogP contribution in [0.2, 0.25) is 0 Å². The van der Waals surface area contributed by atoms with E-state index in [1.807, 2.05) is 112 Å². The summed E-state index contributed by atoms with van der Waals surface area (Å²) in [5.41, 5.74) is 13.2. The lowest BCUT2D eigenvalue weighted by Gasteiger charge is -2.09. The molecule has 12 nitrogen and oxygen atoms in total. The van der Waals surface area contributed by atoms with Gasteiger partial charge in [-0.2, -0.15) is 0 Å². The molecule has 0 fully saturated rings. The minimum absolute atomic E-state index is 0.178. The molecule has 0 bridgehead atoms. The number of nitrogens with zero attached hydrogens (tertiary/aromatic N) is 2. The molecule has 0 aliphatic heterocycles. The Labute approximate surface area is 420 Å². The number of carbonyl (C=O) groups is 2. The summed E-state index contributed by atoms with van der Waals surface area (Å²) >= 11 is 0. The Bertz CT molecular complexity index is 3460. The first kappa shape index (κ1) is 51.5. The molecule has 9 rings (SSSR count). The summed E-state index contributed by atoms with van der Waals surface area (Å²) in [6.45, 7) is 3.64. The predicted octanol–water partition coefficient (Wildman–Crippen LogP) is 10.3. The van der Waals surface area contributed by atoms with E-state index >= 15 is 0 Å². The number of benzene rings is 7. The smallest absolute Gasteiger partial charge is 0.255 e. The first-order valence-electron chi connectivity index (χ1n) is 22.5. The molecule has 0 unspecified atom stereocenters. The molecule has 2 heterocycles. The van der Waals surface area contributed by atoms with Gasteiger partial charge < -0.3 is 19.7 Å². The van der Waals surface area contributed by atoms with Crippen LogP contribution in [0.1, 0.15) is 31.8 Å². The number of carbonyl (C=O) groups excluding carboxylic acids is 2. The molecule has 0 atom stereocenters. The molecule has 7 aromatic carbocycles. The molecule has 2 N–H and O–H groups in total. The predicted molar refractivity (Wildman–Crippen MR) is 278 cm³/mol. The van der Waals surface area contributed by atoms with Gasteiger partial charge in [0.25, 0.3) is 11.8 Å². The zero-order valence-corrected chi connectivity index (χ0v) is 41.4. The van der Waals surface area contributed by atoms with Gasteiger partial charge in [0.05, 0.1) is 9.79 Å². The fourth-order valence-electron chi connectivity index (χ4n) is 7.31. The van der Waals surface area contributed by atoms with Crippen LogP contribution in [0.3, 0.4) is 0 Å². The monoisotopic (exact) mass is 994 g/mol. The number of aromatic nitrogens is 2. The first-order chi connectivity index (χ1) is 34.4. The standard InChI is InChI=1S/C44H34N4O2.2C7H8O3S/c1-47-27-3-5-39(29-47)35-13-11-32(12-14-35)31-7-9-33(10-8-31)34-19-23-41(24-20-34)45-43(49)37-15-17-38(18-16-37)44(50)46-42-25-21-36(22-26-42)40-6-4-28-48(2)30-40;2*1-6-2-4-7(5-3-6)11(8,9)10/h3-30H,1-2H3;2*2-5H,1H3,(H,8,9,10).